The first-order valence-electron chi connectivity index (χ1n) is 6.54. The summed E-state index contributed by atoms with van der Waals surface area (Å²) in [7, 11) is 3.25. The number of carbonyl (C=O) groups excluding carboxylic acids is 1. The molecule has 3 heteroatoms. The fourth-order valence-corrected chi connectivity index (χ4v) is 1.83. The number of carbonyl (C=O) groups is 1. The topological polar surface area (TPSA) is 46.5 Å². The Bertz CT molecular complexity index is 576. The Kier molecular flexibility index (Phi) is 7.09. The standard InChI is InChI=1S/C16H14O2.C2H6O/c1-2-12-8-6-7-11-14(12)16(18)15(17)13-9-4-3-5-10-13;1-3-2/h2-11,15,17H,1H2;1-2H3. The minimum absolute atomic E-state index is 0.309. The van der Waals surface area contributed by atoms with Crippen molar-refractivity contribution in [1.82, 2.24) is 0 Å². The summed E-state index contributed by atoms with van der Waals surface area (Å²) >= 11 is 0. The minimum atomic E-state index is -1.13. The molecule has 0 amide bonds. The van der Waals surface area contributed by atoms with Crippen molar-refractivity contribution >= 4 is 11.9 Å². The molecule has 0 aromatic heterocycles. The van der Waals surface area contributed by atoms with Gasteiger partial charge in [-0.15, -0.1) is 0 Å². The van der Waals surface area contributed by atoms with E-state index in [1.54, 1.807) is 62.8 Å². The third kappa shape index (κ3) is 4.67. The van der Waals surface area contributed by atoms with E-state index >= 15 is 0 Å². The lowest BCUT2D eigenvalue weighted by molar-refractivity contribution is 0.0747. The van der Waals surface area contributed by atoms with Gasteiger partial charge in [-0.2, -0.15) is 0 Å². The van der Waals surface area contributed by atoms with Crippen LogP contribution in [0.4, 0.5) is 0 Å². The summed E-state index contributed by atoms with van der Waals surface area (Å²) in [4.78, 5) is 12.2. The highest BCUT2D eigenvalue weighted by atomic mass is 16.4. The zero-order valence-corrected chi connectivity index (χ0v) is 12.3. The summed E-state index contributed by atoms with van der Waals surface area (Å²) in [5, 5.41) is 10.1. The first-order chi connectivity index (χ1) is 10.2. The van der Waals surface area contributed by atoms with E-state index in [1.165, 1.54) is 0 Å². The van der Waals surface area contributed by atoms with Crippen LogP contribution in [-0.4, -0.2) is 25.1 Å². The Morgan fingerprint density at radius 3 is 2.19 bits per heavy atom. The first kappa shape index (κ1) is 16.8. The number of ether oxygens (including phenoxy) is 1. The van der Waals surface area contributed by atoms with Crippen LogP contribution in [0.5, 0.6) is 0 Å². The highest BCUT2D eigenvalue weighted by Gasteiger charge is 2.20. The lowest BCUT2D eigenvalue weighted by Crippen LogP contribution is -2.13. The highest BCUT2D eigenvalue weighted by Crippen LogP contribution is 2.21. The van der Waals surface area contributed by atoms with Gasteiger partial charge in [0.2, 0.25) is 0 Å². The van der Waals surface area contributed by atoms with Crippen LogP contribution in [0.15, 0.2) is 61.2 Å². The maximum absolute atomic E-state index is 12.2. The summed E-state index contributed by atoms with van der Waals surface area (Å²) in [6.07, 6.45) is 0.484. The van der Waals surface area contributed by atoms with E-state index in [-0.39, 0.29) is 5.78 Å². The second-order valence-corrected chi connectivity index (χ2v) is 4.38. The van der Waals surface area contributed by atoms with Gasteiger partial charge in [-0.3, -0.25) is 4.79 Å². The average molecular weight is 284 g/mol. The van der Waals surface area contributed by atoms with Gasteiger partial charge in [0.1, 0.15) is 6.10 Å². The molecular weight excluding hydrogens is 264 g/mol. The number of rotatable bonds is 4. The normalized spacial score (nSPS) is 11.0. The van der Waals surface area contributed by atoms with Crippen LogP contribution in [0, 0.1) is 0 Å². The molecule has 1 unspecified atom stereocenters. The van der Waals surface area contributed by atoms with Gasteiger partial charge >= 0.3 is 0 Å². The minimum Gasteiger partial charge on any atom is -0.388 e. The predicted molar refractivity (Wildman–Crippen MR) is 85.2 cm³/mol. The lowest BCUT2D eigenvalue weighted by atomic mass is 9.96. The van der Waals surface area contributed by atoms with Crippen molar-refractivity contribution in [2.24, 2.45) is 0 Å². The van der Waals surface area contributed by atoms with Crippen molar-refractivity contribution in [2.75, 3.05) is 14.2 Å². The number of aliphatic hydroxyl groups excluding tert-OH is 1. The van der Waals surface area contributed by atoms with Crippen LogP contribution < -0.4 is 0 Å². The molecule has 0 fully saturated rings. The SMILES string of the molecule is C=Cc1ccccc1C(=O)C(O)c1ccccc1.COC. The summed E-state index contributed by atoms with van der Waals surface area (Å²) in [6.45, 7) is 3.67. The van der Waals surface area contributed by atoms with Gasteiger partial charge in [0.15, 0.2) is 5.78 Å². The summed E-state index contributed by atoms with van der Waals surface area (Å²) < 4.78 is 4.25. The third-order valence-electron chi connectivity index (χ3n) is 2.81. The van der Waals surface area contributed by atoms with Crippen molar-refractivity contribution in [3.63, 3.8) is 0 Å². The van der Waals surface area contributed by atoms with Gasteiger partial charge in [0, 0.05) is 19.8 Å². The molecular formula is C18H20O3. The van der Waals surface area contributed by atoms with E-state index in [9.17, 15) is 9.90 Å². The van der Waals surface area contributed by atoms with Crippen LogP contribution in [0.25, 0.3) is 6.08 Å². The Hall–Kier alpha value is -2.23. The number of Topliss-reactive ketones (excluding diaryl/α,β-unsaturated/α-hetero) is 1. The molecule has 0 aliphatic carbocycles. The maximum atomic E-state index is 12.2. The molecule has 0 aliphatic rings. The van der Waals surface area contributed by atoms with Gasteiger partial charge in [-0.25, -0.2) is 0 Å². The predicted octanol–water partition coefficient (Wildman–Crippen LogP) is 3.51. The van der Waals surface area contributed by atoms with E-state index in [4.69, 9.17) is 0 Å². The molecule has 0 radical (unpaired) electrons. The molecule has 1 N–H and O–H groups in total. The van der Waals surface area contributed by atoms with Gasteiger partial charge in [-0.1, -0.05) is 67.3 Å². The molecule has 2 aromatic carbocycles. The van der Waals surface area contributed by atoms with Crippen molar-refractivity contribution in [1.29, 1.82) is 0 Å². The molecule has 0 saturated carbocycles. The number of benzene rings is 2. The first-order valence-corrected chi connectivity index (χ1v) is 6.54. The highest BCUT2D eigenvalue weighted by molar-refractivity contribution is 6.02. The van der Waals surface area contributed by atoms with Crippen molar-refractivity contribution in [3.05, 3.63) is 77.9 Å². The van der Waals surface area contributed by atoms with Gasteiger partial charge in [0.25, 0.3) is 0 Å². The van der Waals surface area contributed by atoms with Crippen LogP contribution in [0.3, 0.4) is 0 Å². The monoisotopic (exact) mass is 284 g/mol. The zero-order chi connectivity index (χ0) is 15.7. The van der Waals surface area contributed by atoms with Crippen molar-refractivity contribution < 1.29 is 14.6 Å². The molecule has 0 aliphatic heterocycles. The quantitative estimate of drug-likeness (QED) is 0.874. The van der Waals surface area contributed by atoms with Gasteiger partial charge in [-0.05, 0) is 11.1 Å². The summed E-state index contributed by atoms with van der Waals surface area (Å²) in [6, 6.07) is 16.0. The molecule has 21 heavy (non-hydrogen) atoms. The van der Waals surface area contributed by atoms with E-state index in [0.717, 1.165) is 5.56 Å². The smallest absolute Gasteiger partial charge is 0.196 e. The Morgan fingerprint density at radius 2 is 1.62 bits per heavy atom. The fraction of sp³-hybridized carbons (Fsp3) is 0.167. The van der Waals surface area contributed by atoms with Gasteiger partial charge in [0.05, 0.1) is 0 Å². The number of hydrogen-bond acceptors (Lipinski definition) is 3. The molecule has 0 heterocycles. The van der Waals surface area contributed by atoms with Crippen LogP contribution >= 0.6 is 0 Å². The largest absolute Gasteiger partial charge is 0.388 e. The molecule has 0 bridgehead atoms. The molecule has 1 atom stereocenters. The molecule has 110 valence electrons. The molecule has 3 nitrogen and oxygen atoms in total. The van der Waals surface area contributed by atoms with Crippen LogP contribution in [-0.2, 0) is 4.74 Å². The molecule has 2 rings (SSSR count). The average Bonchev–Trinajstić information content (AvgIpc) is 2.55. The van der Waals surface area contributed by atoms with Crippen molar-refractivity contribution in [3.8, 4) is 0 Å². The fourth-order valence-electron chi connectivity index (χ4n) is 1.83. The second-order valence-electron chi connectivity index (χ2n) is 4.38. The lowest BCUT2D eigenvalue weighted by Gasteiger charge is -2.11. The number of aliphatic hydroxyl groups is 1. The maximum Gasteiger partial charge on any atom is 0.196 e. The summed E-state index contributed by atoms with van der Waals surface area (Å²) in [5.74, 6) is -0.309. The third-order valence-corrected chi connectivity index (χ3v) is 2.81. The molecule has 0 saturated heterocycles. The van der Waals surface area contributed by atoms with Crippen LogP contribution in [0.2, 0.25) is 0 Å². The van der Waals surface area contributed by atoms with E-state index in [0.29, 0.717) is 11.1 Å². The summed E-state index contributed by atoms with van der Waals surface area (Å²) in [5.41, 5.74) is 1.82. The zero-order valence-electron chi connectivity index (χ0n) is 12.3. The Morgan fingerprint density at radius 1 is 1.10 bits per heavy atom. The Balaban J connectivity index is 0.000000677. The van der Waals surface area contributed by atoms with E-state index in [1.807, 2.05) is 12.1 Å². The number of hydrogen-bond donors (Lipinski definition) is 1. The van der Waals surface area contributed by atoms with E-state index < -0.39 is 6.10 Å². The number of ketones is 1. The molecule has 2 aromatic rings. The van der Waals surface area contributed by atoms with E-state index in [2.05, 4.69) is 11.3 Å². The van der Waals surface area contributed by atoms with Gasteiger partial charge < -0.3 is 9.84 Å². The number of methoxy groups -OCH3 is 1. The van der Waals surface area contributed by atoms with Crippen LogP contribution in [0.1, 0.15) is 27.6 Å². The second kappa shape index (κ2) is 8.84. The molecule has 0 spiro atoms. The van der Waals surface area contributed by atoms with Crippen molar-refractivity contribution in [2.45, 2.75) is 6.10 Å². The Labute approximate surface area is 125 Å².